The van der Waals surface area contributed by atoms with Gasteiger partial charge in [0, 0.05) is 12.0 Å². The molecule has 0 bridgehead atoms. The summed E-state index contributed by atoms with van der Waals surface area (Å²) in [7, 11) is 0. The summed E-state index contributed by atoms with van der Waals surface area (Å²) in [4.78, 5) is 20.9. The Morgan fingerprint density at radius 2 is 2.00 bits per heavy atom. The fourth-order valence-electron chi connectivity index (χ4n) is 1.24. The van der Waals surface area contributed by atoms with Crippen LogP contribution in [0.2, 0.25) is 0 Å². The largest absolute Gasteiger partial charge is 0.465 e. The van der Waals surface area contributed by atoms with Gasteiger partial charge in [0.05, 0.1) is 0 Å². The summed E-state index contributed by atoms with van der Waals surface area (Å²) in [5, 5.41) is 10.6. The molecule has 1 aliphatic carbocycles. The number of hydrogen-bond donors (Lipinski definition) is 4. The third-order valence-corrected chi connectivity index (χ3v) is 1.98. The molecule has 2 amide bonds. The topological polar surface area (TPSA) is 104 Å². The van der Waals surface area contributed by atoms with Crippen LogP contribution in [0.5, 0.6) is 0 Å². The Hall–Kier alpha value is -1.30. The predicted octanol–water partition coefficient (Wildman–Crippen LogP) is -0.978. The maximum absolute atomic E-state index is 10.8. The first-order valence-corrected chi connectivity index (χ1v) is 3.63. The molecule has 6 nitrogen and oxygen atoms in total. The Morgan fingerprint density at radius 1 is 1.42 bits per heavy atom. The summed E-state index contributed by atoms with van der Waals surface area (Å²) in [6, 6.07) is -0.0928. The molecule has 0 spiro atoms. The molecule has 0 radical (unpaired) electrons. The van der Waals surface area contributed by atoms with Gasteiger partial charge in [-0.25, -0.2) is 10.6 Å². The van der Waals surface area contributed by atoms with Crippen molar-refractivity contribution >= 4 is 12.0 Å². The van der Waals surface area contributed by atoms with Crippen LogP contribution in [0.25, 0.3) is 0 Å². The smallest absolute Gasteiger partial charge is 0.404 e. The minimum Gasteiger partial charge on any atom is -0.465 e. The van der Waals surface area contributed by atoms with Crippen LogP contribution in [0.1, 0.15) is 12.8 Å². The van der Waals surface area contributed by atoms with E-state index in [9.17, 15) is 9.59 Å². The summed E-state index contributed by atoms with van der Waals surface area (Å²) < 4.78 is 0. The van der Waals surface area contributed by atoms with E-state index < -0.39 is 6.09 Å². The highest BCUT2D eigenvalue weighted by atomic mass is 16.4. The molecule has 68 valence electrons. The summed E-state index contributed by atoms with van der Waals surface area (Å²) >= 11 is 0. The first-order valence-electron chi connectivity index (χ1n) is 3.63. The molecule has 0 saturated heterocycles. The Kier molecular flexibility index (Phi) is 2.49. The minimum absolute atomic E-state index is 0.0928. The number of carboxylic acid groups (broad SMARTS) is 1. The van der Waals surface area contributed by atoms with Crippen molar-refractivity contribution in [2.45, 2.75) is 18.9 Å². The molecule has 0 aliphatic heterocycles. The van der Waals surface area contributed by atoms with Crippen LogP contribution < -0.4 is 16.6 Å². The highest BCUT2D eigenvalue weighted by Gasteiger charge is 2.34. The number of hydrogen-bond acceptors (Lipinski definition) is 3. The van der Waals surface area contributed by atoms with Gasteiger partial charge in [-0.2, -0.15) is 0 Å². The van der Waals surface area contributed by atoms with Crippen LogP contribution in [0, 0.1) is 5.92 Å². The molecular weight excluding hydrogens is 162 g/mol. The molecule has 6 heteroatoms. The van der Waals surface area contributed by atoms with Gasteiger partial charge in [-0.3, -0.25) is 10.2 Å². The summed E-state index contributed by atoms with van der Waals surface area (Å²) in [6.07, 6.45) is 0.0246. The van der Waals surface area contributed by atoms with E-state index in [2.05, 4.69) is 5.32 Å². The van der Waals surface area contributed by atoms with Gasteiger partial charge in [-0.1, -0.05) is 0 Å². The fraction of sp³-hybridized carbons (Fsp3) is 0.667. The van der Waals surface area contributed by atoms with Crippen LogP contribution >= 0.6 is 0 Å². The lowest BCUT2D eigenvalue weighted by molar-refractivity contribution is -0.128. The molecule has 1 saturated carbocycles. The lowest BCUT2D eigenvalue weighted by atomic mass is 9.80. The van der Waals surface area contributed by atoms with Gasteiger partial charge in [-0.05, 0) is 12.8 Å². The van der Waals surface area contributed by atoms with Gasteiger partial charge < -0.3 is 10.4 Å². The van der Waals surface area contributed by atoms with Crippen LogP contribution in [-0.2, 0) is 4.79 Å². The summed E-state index contributed by atoms with van der Waals surface area (Å²) in [5.74, 6) is 4.54. The lowest BCUT2D eigenvalue weighted by Crippen LogP contribution is -2.50. The van der Waals surface area contributed by atoms with Gasteiger partial charge in [0.25, 0.3) is 0 Å². The highest BCUT2D eigenvalue weighted by Crippen LogP contribution is 2.26. The van der Waals surface area contributed by atoms with Gasteiger partial charge in [0.2, 0.25) is 5.91 Å². The Bertz CT molecular complexity index is 200. The number of amides is 2. The van der Waals surface area contributed by atoms with E-state index in [1.165, 1.54) is 0 Å². The van der Waals surface area contributed by atoms with Crippen molar-refractivity contribution in [1.29, 1.82) is 0 Å². The van der Waals surface area contributed by atoms with Gasteiger partial charge >= 0.3 is 6.09 Å². The van der Waals surface area contributed by atoms with Crippen LogP contribution in [0.3, 0.4) is 0 Å². The van der Waals surface area contributed by atoms with Crippen molar-refractivity contribution in [3.05, 3.63) is 0 Å². The number of nitrogens with two attached hydrogens (primary N) is 1. The molecule has 0 aromatic rings. The van der Waals surface area contributed by atoms with E-state index in [0.717, 1.165) is 0 Å². The molecule has 0 unspecified atom stereocenters. The lowest BCUT2D eigenvalue weighted by Gasteiger charge is -2.33. The van der Waals surface area contributed by atoms with Crippen LogP contribution in [0.15, 0.2) is 0 Å². The van der Waals surface area contributed by atoms with E-state index in [1.54, 1.807) is 0 Å². The SMILES string of the molecule is NNC(=O)[C@H]1C[C@H](NC(=O)O)C1. The molecule has 0 heterocycles. The van der Waals surface area contributed by atoms with Crippen molar-refractivity contribution in [1.82, 2.24) is 10.7 Å². The maximum Gasteiger partial charge on any atom is 0.404 e. The molecular formula is C6H11N3O3. The van der Waals surface area contributed by atoms with Crippen LogP contribution in [-0.4, -0.2) is 23.1 Å². The fourth-order valence-corrected chi connectivity index (χ4v) is 1.24. The summed E-state index contributed by atoms with van der Waals surface area (Å²) in [6.45, 7) is 0. The molecule has 0 aromatic heterocycles. The molecule has 0 aromatic carbocycles. The number of carbonyl (C=O) groups is 2. The monoisotopic (exact) mass is 173 g/mol. The average molecular weight is 173 g/mol. The normalized spacial score (nSPS) is 27.1. The molecule has 1 fully saturated rings. The Labute approximate surface area is 69.1 Å². The molecule has 1 aliphatic rings. The number of nitrogens with one attached hydrogen (secondary N) is 2. The van der Waals surface area contributed by atoms with E-state index in [-0.39, 0.29) is 17.9 Å². The predicted molar refractivity (Wildman–Crippen MR) is 40.0 cm³/mol. The van der Waals surface area contributed by atoms with Gasteiger partial charge in [-0.15, -0.1) is 0 Å². The van der Waals surface area contributed by atoms with Crippen LogP contribution in [0.4, 0.5) is 4.79 Å². The highest BCUT2D eigenvalue weighted by molar-refractivity contribution is 5.79. The zero-order valence-electron chi connectivity index (χ0n) is 6.41. The molecule has 0 atom stereocenters. The zero-order valence-corrected chi connectivity index (χ0v) is 6.41. The van der Waals surface area contributed by atoms with Crippen molar-refractivity contribution in [3.8, 4) is 0 Å². The molecule has 5 N–H and O–H groups in total. The van der Waals surface area contributed by atoms with Gasteiger partial charge in [0.1, 0.15) is 0 Å². The number of hydrazine groups is 1. The Morgan fingerprint density at radius 3 is 2.42 bits per heavy atom. The quantitative estimate of drug-likeness (QED) is 0.245. The summed E-state index contributed by atoms with van der Waals surface area (Å²) in [5.41, 5.74) is 2.03. The van der Waals surface area contributed by atoms with E-state index >= 15 is 0 Å². The second-order valence-corrected chi connectivity index (χ2v) is 2.82. The van der Waals surface area contributed by atoms with Crippen molar-refractivity contribution < 1.29 is 14.7 Å². The maximum atomic E-state index is 10.8. The first-order chi connectivity index (χ1) is 5.63. The van der Waals surface area contributed by atoms with Crippen molar-refractivity contribution in [2.24, 2.45) is 11.8 Å². The standard InChI is InChI=1S/C6H11N3O3/c7-9-5(10)3-1-4(2-3)8-6(11)12/h3-4,8H,1-2,7H2,(H,9,10)(H,11,12)/t3-,4-. The number of carbonyl (C=O) groups excluding carboxylic acids is 1. The van der Waals surface area contributed by atoms with Gasteiger partial charge in [0.15, 0.2) is 0 Å². The zero-order chi connectivity index (χ0) is 9.14. The first kappa shape index (κ1) is 8.79. The third-order valence-electron chi connectivity index (χ3n) is 1.98. The third kappa shape index (κ3) is 1.85. The van der Waals surface area contributed by atoms with E-state index in [1.807, 2.05) is 5.43 Å². The van der Waals surface area contributed by atoms with Crippen molar-refractivity contribution in [3.63, 3.8) is 0 Å². The minimum atomic E-state index is -1.05. The Balaban J connectivity index is 2.20. The second kappa shape index (κ2) is 3.40. The average Bonchev–Trinajstić information content (AvgIpc) is 1.94. The van der Waals surface area contributed by atoms with E-state index in [4.69, 9.17) is 10.9 Å². The molecule has 12 heavy (non-hydrogen) atoms. The van der Waals surface area contributed by atoms with E-state index in [0.29, 0.717) is 12.8 Å². The molecule has 1 rings (SSSR count). The van der Waals surface area contributed by atoms with Crippen molar-refractivity contribution in [2.75, 3.05) is 0 Å². The second-order valence-electron chi connectivity index (χ2n) is 2.82. The number of rotatable bonds is 2.